The molecule has 4 atom stereocenters. The van der Waals surface area contributed by atoms with E-state index < -0.39 is 15.0 Å². The van der Waals surface area contributed by atoms with Gasteiger partial charge in [-0.1, -0.05) is 62.4 Å². The monoisotopic (exact) mass is 389 g/mol. The van der Waals surface area contributed by atoms with Gasteiger partial charge >= 0.3 is 0 Å². The molecule has 3 N–H and O–H groups in total. The maximum absolute atomic E-state index is 10.6. The Hall–Kier alpha value is -1.11. The summed E-state index contributed by atoms with van der Waals surface area (Å²) in [4.78, 5) is 3.55. The second kappa shape index (κ2) is 7.49. The highest BCUT2D eigenvalue weighted by molar-refractivity contribution is 8.17. The van der Waals surface area contributed by atoms with E-state index in [0.717, 1.165) is 50.0 Å². The zero-order valence-corrected chi connectivity index (χ0v) is 17.4. The molecule has 0 amide bonds. The molecule has 0 aromatic rings. The van der Waals surface area contributed by atoms with Crippen molar-refractivity contribution in [1.82, 2.24) is 0 Å². The lowest BCUT2D eigenvalue weighted by Crippen LogP contribution is -2.86. The number of unbranched alkanes of at least 4 members (excludes halogenated alkanes) is 2. The van der Waals surface area contributed by atoms with Crippen LogP contribution in [0.15, 0.2) is 12.2 Å². The van der Waals surface area contributed by atoms with E-state index in [1.54, 1.807) is 0 Å². The molecule has 4 nitrogen and oxygen atoms in total. The van der Waals surface area contributed by atoms with Gasteiger partial charge < -0.3 is 0 Å². The fraction of sp³-hybridized carbons (Fsp3) is 0.750. The molecule has 6 heteroatoms. The van der Waals surface area contributed by atoms with Crippen LogP contribution < -0.4 is 10.7 Å². The van der Waals surface area contributed by atoms with Gasteiger partial charge in [0.05, 0.1) is 12.1 Å². The predicted octanol–water partition coefficient (Wildman–Crippen LogP) is 2.77. The van der Waals surface area contributed by atoms with Crippen molar-refractivity contribution < 1.29 is 4.99 Å². The van der Waals surface area contributed by atoms with Crippen LogP contribution in [-0.4, -0.2) is 21.5 Å². The maximum Gasteiger partial charge on any atom is 0.265 e. The number of hydrogen-bond donors (Lipinski definition) is 2. The van der Waals surface area contributed by atoms with Gasteiger partial charge in [0.2, 0.25) is 4.20 Å². The van der Waals surface area contributed by atoms with Crippen LogP contribution in [0.1, 0.15) is 52.4 Å². The summed E-state index contributed by atoms with van der Waals surface area (Å²) in [6.07, 6.45) is 10.7. The minimum Gasteiger partial charge on any atom is -0.290 e. The van der Waals surface area contributed by atoms with E-state index in [1.807, 2.05) is 23.5 Å². The molecule has 4 rings (SSSR count). The van der Waals surface area contributed by atoms with Crippen LogP contribution in [0.5, 0.6) is 0 Å². The molecule has 2 bridgehead atoms. The Morgan fingerprint density at radius 3 is 2.12 bits per heavy atom. The van der Waals surface area contributed by atoms with Crippen LogP contribution in [0.25, 0.3) is 0 Å². The van der Waals surface area contributed by atoms with Crippen molar-refractivity contribution in [2.75, 3.05) is 11.5 Å². The van der Waals surface area contributed by atoms with Gasteiger partial charge in [0.1, 0.15) is 0 Å². The summed E-state index contributed by atoms with van der Waals surface area (Å²) in [7, 11) is 0. The summed E-state index contributed by atoms with van der Waals surface area (Å²) in [5.41, 5.74) is 4.81. The number of amidine groups is 1. The molecule has 0 radical (unpaired) electrons. The molecule has 0 aromatic heterocycles. The Balaban J connectivity index is 2.13. The van der Waals surface area contributed by atoms with E-state index in [4.69, 9.17) is 5.73 Å². The lowest BCUT2D eigenvalue weighted by molar-refractivity contribution is -0.494. The van der Waals surface area contributed by atoms with E-state index in [2.05, 4.69) is 43.1 Å². The fourth-order valence-corrected chi connectivity index (χ4v) is 8.76. The van der Waals surface area contributed by atoms with Crippen molar-refractivity contribution in [3.05, 3.63) is 12.2 Å². The Morgan fingerprint density at radius 2 is 1.65 bits per heavy atom. The third-order valence-electron chi connectivity index (χ3n) is 6.30. The molecule has 0 aromatic carbocycles. The Kier molecular flexibility index (Phi) is 5.66. The minimum absolute atomic E-state index is 0.0325. The molecular formula is C20H29N4S2+. The fourth-order valence-electron chi connectivity index (χ4n) is 4.95. The van der Waals surface area contributed by atoms with Crippen LogP contribution in [0, 0.1) is 45.3 Å². The van der Waals surface area contributed by atoms with Gasteiger partial charge in [-0.15, -0.1) is 0 Å². The van der Waals surface area contributed by atoms with Gasteiger partial charge in [0.25, 0.3) is 5.84 Å². The van der Waals surface area contributed by atoms with Gasteiger partial charge in [-0.25, -0.2) is 0 Å². The minimum atomic E-state index is -0.919. The van der Waals surface area contributed by atoms with Crippen LogP contribution in [0.4, 0.5) is 0 Å². The molecule has 1 saturated carbocycles. The van der Waals surface area contributed by atoms with E-state index in [0.29, 0.717) is 5.84 Å². The summed E-state index contributed by atoms with van der Waals surface area (Å²) in [5.74, 6) is 2.58. The smallest absolute Gasteiger partial charge is 0.265 e. The second-order valence-electron chi connectivity index (χ2n) is 7.57. The van der Waals surface area contributed by atoms with Crippen molar-refractivity contribution in [2.45, 2.75) is 56.6 Å². The van der Waals surface area contributed by atoms with Crippen LogP contribution >= 0.6 is 23.5 Å². The molecule has 0 spiro atoms. The molecule has 3 aliphatic carbocycles. The second-order valence-corrected chi connectivity index (χ2v) is 10.5. The molecule has 0 saturated heterocycles. The molecular weight excluding hydrogens is 360 g/mol. The molecule has 140 valence electrons. The lowest BCUT2D eigenvalue weighted by atomic mass is 9.46. The zero-order valence-electron chi connectivity index (χ0n) is 15.8. The average molecular weight is 390 g/mol. The molecule has 1 heterocycles. The first-order valence-electron chi connectivity index (χ1n) is 9.78. The van der Waals surface area contributed by atoms with E-state index >= 15 is 0 Å². The highest BCUT2D eigenvalue weighted by Crippen LogP contribution is 2.69. The van der Waals surface area contributed by atoms with E-state index in [-0.39, 0.29) is 11.8 Å². The first-order chi connectivity index (χ1) is 12.6. The maximum atomic E-state index is 10.6. The first-order valence-corrected chi connectivity index (χ1v) is 11.8. The first kappa shape index (κ1) is 19.6. The third-order valence-corrected chi connectivity index (χ3v) is 9.65. The van der Waals surface area contributed by atoms with Crippen molar-refractivity contribution >= 4 is 29.4 Å². The molecule has 4 aliphatic rings. The molecule has 0 unspecified atom stereocenters. The van der Waals surface area contributed by atoms with Crippen LogP contribution in [0.3, 0.4) is 0 Å². The van der Waals surface area contributed by atoms with Gasteiger partial charge in [-0.3, -0.25) is 10.7 Å². The highest BCUT2D eigenvalue weighted by atomic mass is 32.2. The number of fused-ring (bicyclic) bond motifs is 1. The highest BCUT2D eigenvalue weighted by Gasteiger charge is 2.81. The lowest BCUT2D eigenvalue weighted by Gasteiger charge is -2.54. The number of allylic oxidation sites excluding steroid dienone is 2. The summed E-state index contributed by atoms with van der Waals surface area (Å²) in [6, 6.07) is 5.26. The number of thioether (sulfide) groups is 2. The normalized spacial score (nSPS) is 36.2. The molecule has 26 heavy (non-hydrogen) atoms. The topological polar surface area (TPSA) is 87.6 Å². The Morgan fingerprint density at radius 1 is 1.08 bits per heavy atom. The Labute approximate surface area is 165 Å². The van der Waals surface area contributed by atoms with Crippen LogP contribution in [0.2, 0.25) is 0 Å². The summed E-state index contributed by atoms with van der Waals surface area (Å²) in [5, 5.41) is 20.9. The number of hydrogen-bond acceptors (Lipinski definition) is 5. The summed E-state index contributed by atoms with van der Waals surface area (Å²) in [6.45, 7) is 4.37. The number of nitrogens with zero attached hydrogens (tertiary/aromatic N) is 2. The van der Waals surface area contributed by atoms with Gasteiger partial charge in [0.15, 0.2) is 10.8 Å². The molecule has 1 aliphatic heterocycles. The Bertz CT molecular complexity index is 679. The number of nitriles is 2. The van der Waals surface area contributed by atoms with Gasteiger partial charge in [0, 0.05) is 11.8 Å². The van der Waals surface area contributed by atoms with E-state index in [9.17, 15) is 10.5 Å². The largest absolute Gasteiger partial charge is 0.290 e. The number of nitrogens with one attached hydrogen (secondary N) is 1. The van der Waals surface area contributed by atoms with Crippen LogP contribution in [-0.2, 0) is 0 Å². The number of rotatable bonds is 8. The average Bonchev–Trinajstić information content (AvgIpc) is 2.91. The number of nitrogens with two attached hydrogens (primary N) is 1. The van der Waals surface area contributed by atoms with Crippen molar-refractivity contribution in [3.8, 4) is 12.1 Å². The zero-order chi connectivity index (χ0) is 18.8. The molecule has 1 fully saturated rings. The van der Waals surface area contributed by atoms with Gasteiger partial charge in [-0.2, -0.15) is 10.5 Å². The van der Waals surface area contributed by atoms with E-state index in [1.165, 1.54) is 0 Å². The van der Waals surface area contributed by atoms with Crippen molar-refractivity contribution in [3.63, 3.8) is 0 Å². The SMILES string of the molecule is CCCCSC1(SCCCC)[NH+]=C(N)[C@@]2(C#N)[C@H]3C=C[C@@H](CC3)[C@@]12C#N. The summed E-state index contributed by atoms with van der Waals surface area (Å²) >= 11 is 3.63. The van der Waals surface area contributed by atoms with Crippen molar-refractivity contribution in [2.24, 2.45) is 28.4 Å². The third kappa shape index (κ3) is 2.38. The standard InChI is InChI=1S/C20H28N4S2/c1-3-5-11-25-20(26-12-6-4-2)19(14-22)16-9-7-15(8-10-16)18(19,13-21)17(23)24-20/h7,9,15-16H,3-6,8,10-12H2,1-2H3,(H2,23,24)/p+1/t15-,16-,18+,19+/m0/s1. The summed E-state index contributed by atoms with van der Waals surface area (Å²) < 4.78 is -0.542. The predicted molar refractivity (Wildman–Crippen MR) is 109 cm³/mol. The van der Waals surface area contributed by atoms with Gasteiger partial charge in [-0.05, 0) is 37.2 Å². The van der Waals surface area contributed by atoms with Crippen molar-refractivity contribution in [1.29, 1.82) is 10.5 Å². The quantitative estimate of drug-likeness (QED) is 0.379.